The summed E-state index contributed by atoms with van der Waals surface area (Å²) in [6.45, 7) is 0. The zero-order valence-corrected chi connectivity index (χ0v) is 7.67. The molecule has 1 fully saturated rings. The van der Waals surface area contributed by atoms with Crippen molar-refractivity contribution < 1.29 is 0 Å². The van der Waals surface area contributed by atoms with Crippen LogP contribution >= 0.6 is 0 Å². The van der Waals surface area contributed by atoms with Crippen molar-refractivity contribution in [3.8, 4) is 5.69 Å². The highest BCUT2D eigenvalue weighted by Crippen LogP contribution is 2.39. The van der Waals surface area contributed by atoms with Gasteiger partial charge < -0.3 is 0 Å². The first kappa shape index (κ1) is 7.67. The Bertz CT molecular complexity index is 414. The Labute approximate surface area is 81.6 Å². The van der Waals surface area contributed by atoms with Gasteiger partial charge in [-0.05, 0) is 46.9 Å². The van der Waals surface area contributed by atoms with Gasteiger partial charge in [0.2, 0.25) is 0 Å². The van der Waals surface area contributed by atoms with Crippen LogP contribution in [0.1, 0.15) is 24.3 Å². The number of hydrogen-bond donors (Lipinski definition) is 0. The summed E-state index contributed by atoms with van der Waals surface area (Å²) < 4.78 is 1.66. The molecule has 1 aromatic carbocycles. The summed E-state index contributed by atoms with van der Waals surface area (Å²) in [5.74, 6) is 0.804. The zero-order chi connectivity index (χ0) is 9.38. The highest BCUT2D eigenvalue weighted by molar-refractivity contribution is 5.35. The first-order valence-corrected chi connectivity index (χ1v) is 4.77. The Morgan fingerprint density at radius 1 is 1.14 bits per heavy atom. The molecule has 4 heteroatoms. The SMILES string of the molecule is c1cc(-n2cnnn2)ccc1C1CC1. The Hall–Kier alpha value is -1.71. The molecule has 70 valence electrons. The molecule has 0 atom stereocenters. The Morgan fingerprint density at radius 2 is 1.93 bits per heavy atom. The third-order valence-electron chi connectivity index (χ3n) is 2.56. The standard InChI is InChI=1S/C10H10N4/c1-2-8(1)9-3-5-10(6-4-9)14-7-11-12-13-14/h3-8H,1-2H2. The van der Waals surface area contributed by atoms with Gasteiger partial charge in [0, 0.05) is 0 Å². The lowest BCUT2D eigenvalue weighted by atomic mass is 10.1. The number of rotatable bonds is 2. The van der Waals surface area contributed by atoms with Gasteiger partial charge in [-0.15, -0.1) is 5.10 Å². The average Bonchev–Trinajstić information content (AvgIpc) is 2.94. The number of nitrogens with zero attached hydrogens (tertiary/aromatic N) is 4. The van der Waals surface area contributed by atoms with Gasteiger partial charge in [-0.3, -0.25) is 0 Å². The van der Waals surface area contributed by atoms with Crippen LogP contribution in [0, 0.1) is 0 Å². The normalized spacial score (nSPS) is 15.7. The molecule has 0 spiro atoms. The molecule has 0 saturated heterocycles. The second kappa shape index (κ2) is 2.90. The number of aromatic nitrogens is 4. The fraction of sp³-hybridized carbons (Fsp3) is 0.300. The van der Waals surface area contributed by atoms with Gasteiger partial charge >= 0.3 is 0 Å². The Balaban J connectivity index is 1.93. The van der Waals surface area contributed by atoms with Crippen LogP contribution in [0.3, 0.4) is 0 Å². The molecule has 2 aromatic rings. The Morgan fingerprint density at radius 3 is 2.50 bits per heavy atom. The lowest BCUT2D eigenvalue weighted by Crippen LogP contribution is -1.94. The zero-order valence-electron chi connectivity index (χ0n) is 7.67. The van der Waals surface area contributed by atoms with Crippen molar-refractivity contribution >= 4 is 0 Å². The third kappa shape index (κ3) is 1.28. The van der Waals surface area contributed by atoms with Gasteiger partial charge in [0.25, 0.3) is 0 Å². The van der Waals surface area contributed by atoms with Crippen molar-refractivity contribution in [3.63, 3.8) is 0 Å². The predicted molar refractivity (Wildman–Crippen MR) is 51.1 cm³/mol. The van der Waals surface area contributed by atoms with E-state index < -0.39 is 0 Å². The molecule has 0 amide bonds. The summed E-state index contributed by atoms with van der Waals surface area (Å²) in [7, 11) is 0. The number of tetrazole rings is 1. The Kier molecular flexibility index (Phi) is 1.59. The van der Waals surface area contributed by atoms with Crippen molar-refractivity contribution in [2.75, 3.05) is 0 Å². The van der Waals surface area contributed by atoms with Crippen molar-refractivity contribution in [2.24, 2.45) is 0 Å². The summed E-state index contributed by atoms with van der Waals surface area (Å²) in [6, 6.07) is 8.44. The molecule has 0 unspecified atom stereocenters. The molecule has 3 rings (SSSR count). The van der Waals surface area contributed by atoms with Gasteiger partial charge in [-0.1, -0.05) is 12.1 Å². The third-order valence-corrected chi connectivity index (χ3v) is 2.56. The smallest absolute Gasteiger partial charge is 0.143 e. The van der Waals surface area contributed by atoms with Gasteiger partial charge in [0.15, 0.2) is 0 Å². The van der Waals surface area contributed by atoms with E-state index in [0.29, 0.717) is 0 Å². The highest BCUT2D eigenvalue weighted by atomic mass is 15.5. The van der Waals surface area contributed by atoms with Gasteiger partial charge in [0.1, 0.15) is 6.33 Å². The van der Waals surface area contributed by atoms with Crippen LogP contribution in [0.4, 0.5) is 0 Å². The van der Waals surface area contributed by atoms with Crippen molar-refractivity contribution in [1.29, 1.82) is 0 Å². The molecule has 1 heterocycles. The van der Waals surface area contributed by atoms with E-state index in [1.165, 1.54) is 18.4 Å². The maximum absolute atomic E-state index is 3.83. The maximum atomic E-state index is 3.83. The quantitative estimate of drug-likeness (QED) is 0.714. The second-order valence-electron chi connectivity index (χ2n) is 3.62. The molecule has 14 heavy (non-hydrogen) atoms. The predicted octanol–water partition coefficient (Wildman–Crippen LogP) is 1.54. The lowest BCUT2D eigenvalue weighted by molar-refractivity contribution is 0.788. The highest BCUT2D eigenvalue weighted by Gasteiger charge is 2.22. The maximum Gasteiger partial charge on any atom is 0.143 e. The van der Waals surface area contributed by atoms with Crippen molar-refractivity contribution in [1.82, 2.24) is 20.2 Å². The molecular weight excluding hydrogens is 176 g/mol. The minimum atomic E-state index is 0.804. The van der Waals surface area contributed by atoms with Crippen LogP contribution in [-0.4, -0.2) is 20.2 Å². The van der Waals surface area contributed by atoms with Crippen molar-refractivity contribution in [2.45, 2.75) is 18.8 Å². The molecule has 4 nitrogen and oxygen atoms in total. The number of hydrogen-bond acceptors (Lipinski definition) is 3. The van der Waals surface area contributed by atoms with E-state index >= 15 is 0 Å². The fourth-order valence-corrected chi connectivity index (χ4v) is 1.60. The van der Waals surface area contributed by atoms with Crippen LogP contribution < -0.4 is 0 Å². The molecule has 0 N–H and O–H groups in total. The van der Waals surface area contributed by atoms with Gasteiger partial charge in [-0.25, -0.2) is 4.68 Å². The molecular formula is C10H10N4. The molecule has 1 aliphatic rings. The molecule has 0 bridgehead atoms. The van der Waals surface area contributed by atoms with E-state index in [0.717, 1.165) is 11.6 Å². The largest absolute Gasteiger partial charge is 0.201 e. The monoisotopic (exact) mass is 186 g/mol. The topological polar surface area (TPSA) is 43.6 Å². The van der Waals surface area contributed by atoms with Crippen LogP contribution in [-0.2, 0) is 0 Å². The number of benzene rings is 1. The van der Waals surface area contributed by atoms with Crippen LogP contribution in [0.2, 0.25) is 0 Å². The molecule has 1 saturated carbocycles. The lowest BCUT2D eigenvalue weighted by Gasteiger charge is -2.00. The fourth-order valence-electron chi connectivity index (χ4n) is 1.60. The van der Waals surface area contributed by atoms with Crippen LogP contribution in [0.5, 0.6) is 0 Å². The minimum Gasteiger partial charge on any atom is -0.201 e. The molecule has 1 aliphatic carbocycles. The van der Waals surface area contributed by atoms with E-state index in [4.69, 9.17) is 0 Å². The summed E-state index contributed by atoms with van der Waals surface area (Å²) in [4.78, 5) is 0. The summed E-state index contributed by atoms with van der Waals surface area (Å²) >= 11 is 0. The second-order valence-corrected chi connectivity index (χ2v) is 3.62. The average molecular weight is 186 g/mol. The van der Waals surface area contributed by atoms with Gasteiger partial charge in [0.05, 0.1) is 5.69 Å². The van der Waals surface area contributed by atoms with E-state index in [1.54, 1.807) is 11.0 Å². The molecule has 0 radical (unpaired) electrons. The van der Waals surface area contributed by atoms with E-state index in [-0.39, 0.29) is 0 Å². The van der Waals surface area contributed by atoms with E-state index in [9.17, 15) is 0 Å². The molecule has 0 aliphatic heterocycles. The summed E-state index contributed by atoms with van der Waals surface area (Å²) in [5, 5.41) is 11.0. The molecule has 1 aromatic heterocycles. The minimum absolute atomic E-state index is 0.804. The first-order chi connectivity index (χ1) is 6.93. The van der Waals surface area contributed by atoms with Crippen LogP contribution in [0.15, 0.2) is 30.6 Å². The van der Waals surface area contributed by atoms with Crippen LogP contribution in [0.25, 0.3) is 5.69 Å². The van der Waals surface area contributed by atoms with Crippen molar-refractivity contribution in [3.05, 3.63) is 36.2 Å². The van der Waals surface area contributed by atoms with E-state index in [1.807, 2.05) is 0 Å². The van der Waals surface area contributed by atoms with Gasteiger partial charge in [-0.2, -0.15) is 0 Å². The summed E-state index contributed by atoms with van der Waals surface area (Å²) in [5.41, 5.74) is 2.45. The summed E-state index contributed by atoms with van der Waals surface area (Å²) in [6.07, 6.45) is 4.28. The first-order valence-electron chi connectivity index (χ1n) is 4.77. The van der Waals surface area contributed by atoms with E-state index in [2.05, 4.69) is 39.8 Å².